The van der Waals surface area contributed by atoms with E-state index >= 15 is 0 Å². The fourth-order valence-electron chi connectivity index (χ4n) is 4.94. The summed E-state index contributed by atoms with van der Waals surface area (Å²) < 4.78 is 11.1. The Hall–Kier alpha value is -4.08. The molecule has 0 saturated carbocycles. The number of hydrogen-bond donors (Lipinski definition) is 3. The summed E-state index contributed by atoms with van der Waals surface area (Å²) in [6.07, 6.45) is 0.237. The lowest BCUT2D eigenvalue weighted by molar-refractivity contribution is -0.159. The summed E-state index contributed by atoms with van der Waals surface area (Å²) in [5, 5.41) is 15.9. The van der Waals surface area contributed by atoms with Gasteiger partial charge in [0.05, 0.1) is 0 Å². The molecule has 254 valence electrons. The van der Waals surface area contributed by atoms with Crippen molar-refractivity contribution in [1.29, 1.82) is 0 Å². The number of carbonyl (C=O) groups excluding carboxylic acids is 4. The van der Waals surface area contributed by atoms with E-state index in [-0.39, 0.29) is 24.6 Å². The van der Waals surface area contributed by atoms with Crippen molar-refractivity contribution >= 4 is 23.9 Å². The molecule has 10 heteroatoms. The van der Waals surface area contributed by atoms with Gasteiger partial charge in [-0.25, -0.2) is 9.59 Å². The molecule has 2 rings (SSSR count). The molecule has 0 fully saturated rings. The number of alkyl carbamates (subject to hydrolysis) is 1. The molecule has 0 spiro atoms. The van der Waals surface area contributed by atoms with Crippen molar-refractivity contribution in [1.82, 2.24) is 15.5 Å². The van der Waals surface area contributed by atoms with E-state index in [4.69, 9.17) is 9.47 Å². The first-order valence-electron chi connectivity index (χ1n) is 16.0. The van der Waals surface area contributed by atoms with Crippen molar-refractivity contribution in [3.8, 4) is 5.75 Å². The minimum atomic E-state index is -1.19. The molecule has 0 aliphatic carbocycles. The summed E-state index contributed by atoms with van der Waals surface area (Å²) in [6.45, 7) is 18.1. The zero-order valence-corrected chi connectivity index (χ0v) is 29.1. The molecule has 3 atom stereocenters. The quantitative estimate of drug-likeness (QED) is 0.229. The first-order valence-corrected chi connectivity index (χ1v) is 16.0. The summed E-state index contributed by atoms with van der Waals surface area (Å²) in [5.74, 6) is -1.61. The largest absolute Gasteiger partial charge is 0.508 e. The second-order valence-electron chi connectivity index (χ2n) is 14.1. The molecule has 3 unspecified atom stereocenters. The van der Waals surface area contributed by atoms with Gasteiger partial charge in [0.15, 0.2) is 0 Å². The number of aromatic hydroxyl groups is 1. The molecule has 0 heterocycles. The highest BCUT2D eigenvalue weighted by molar-refractivity contribution is 5.94. The topological polar surface area (TPSA) is 134 Å². The molecule has 0 aliphatic heterocycles. The van der Waals surface area contributed by atoms with Gasteiger partial charge < -0.3 is 30.1 Å². The zero-order valence-electron chi connectivity index (χ0n) is 29.1. The molecule has 0 aliphatic rings. The molecule has 3 amide bonds. The summed E-state index contributed by atoms with van der Waals surface area (Å²) in [7, 11) is 0. The molecule has 0 radical (unpaired) electrons. The highest BCUT2D eigenvalue weighted by Gasteiger charge is 2.38. The Bertz CT molecular complexity index is 1330. The van der Waals surface area contributed by atoms with Gasteiger partial charge in [-0.3, -0.25) is 9.59 Å². The van der Waals surface area contributed by atoms with Crippen LogP contribution >= 0.6 is 0 Å². The molecule has 10 nitrogen and oxygen atoms in total. The van der Waals surface area contributed by atoms with Crippen LogP contribution in [-0.4, -0.2) is 63.7 Å². The first kappa shape index (κ1) is 38.1. The van der Waals surface area contributed by atoms with Gasteiger partial charge in [0.25, 0.3) is 0 Å². The number of esters is 1. The average molecular weight is 640 g/mol. The Morgan fingerprint density at radius 2 is 1.48 bits per heavy atom. The van der Waals surface area contributed by atoms with Gasteiger partial charge in [0, 0.05) is 13.0 Å². The summed E-state index contributed by atoms with van der Waals surface area (Å²) in [5.41, 5.74) is 0.192. The van der Waals surface area contributed by atoms with Crippen LogP contribution in [0.25, 0.3) is 0 Å². The maximum atomic E-state index is 14.4. The number of carbonyl (C=O) groups is 4. The number of aryl methyl sites for hydroxylation is 1. The predicted octanol–water partition coefficient (Wildman–Crippen LogP) is 5.99. The van der Waals surface area contributed by atoms with Gasteiger partial charge >= 0.3 is 12.1 Å². The van der Waals surface area contributed by atoms with E-state index in [0.717, 1.165) is 5.56 Å². The standard InChI is InChI=1S/C36H53N3O7/c1-11-19-39(32(42)27(20-23(2)3)38-34(44)46-36(8,9)10)30(26-17-18-29(40)24(4)21-26)31(41)37-28(33(43)45-35(5,6)7)22-25-15-13-12-14-16-25/h12-18,21,23,27-28,30,40H,11,19-20,22H2,1-10H3,(H,37,41)(H,38,44). The van der Waals surface area contributed by atoms with Crippen molar-refractivity contribution in [2.24, 2.45) is 5.92 Å². The number of rotatable bonds is 13. The van der Waals surface area contributed by atoms with E-state index in [1.54, 1.807) is 60.6 Å². The van der Waals surface area contributed by atoms with Crippen molar-refractivity contribution in [3.05, 3.63) is 65.2 Å². The Balaban J connectivity index is 2.61. The lowest BCUT2D eigenvalue weighted by Crippen LogP contribution is -2.55. The van der Waals surface area contributed by atoms with Crippen LogP contribution in [0.4, 0.5) is 4.79 Å². The van der Waals surface area contributed by atoms with E-state index in [1.807, 2.05) is 51.1 Å². The van der Waals surface area contributed by atoms with E-state index in [9.17, 15) is 24.3 Å². The average Bonchev–Trinajstić information content (AvgIpc) is 2.92. The Kier molecular flexibility index (Phi) is 13.6. The number of amides is 3. The second kappa shape index (κ2) is 16.5. The van der Waals surface area contributed by atoms with Crippen LogP contribution in [0.1, 0.15) is 97.9 Å². The lowest BCUT2D eigenvalue weighted by atomic mass is 9.97. The molecule has 0 bridgehead atoms. The van der Waals surface area contributed by atoms with E-state index < -0.39 is 53.2 Å². The molecular weight excluding hydrogens is 586 g/mol. The lowest BCUT2D eigenvalue weighted by Gasteiger charge is -2.35. The summed E-state index contributed by atoms with van der Waals surface area (Å²) in [6, 6.07) is 10.7. The summed E-state index contributed by atoms with van der Waals surface area (Å²) in [4.78, 5) is 56.5. The minimum Gasteiger partial charge on any atom is -0.508 e. The van der Waals surface area contributed by atoms with Crippen LogP contribution in [0.2, 0.25) is 0 Å². The van der Waals surface area contributed by atoms with E-state index in [0.29, 0.717) is 24.0 Å². The number of nitrogens with zero attached hydrogens (tertiary/aromatic N) is 1. The number of ether oxygens (including phenoxy) is 2. The fourth-order valence-corrected chi connectivity index (χ4v) is 4.94. The Morgan fingerprint density at radius 3 is 2.00 bits per heavy atom. The number of phenolic OH excluding ortho intramolecular Hbond substituents is 1. The van der Waals surface area contributed by atoms with Crippen molar-refractivity contribution in [3.63, 3.8) is 0 Å². The third kappa shape index (κ3) is 12.4. The number of hydrogen-bond acceptors (Lipinski definition) is 7. The second-order valence-corrected chi connectivity index (χ2v) is 14.1. The van der Waals surface area contributed by atoms with Crippen LogP contribution in [0.3, 0.4) is 0 Å². The first-order chi connectivity index (χ1) is 21.3. The zero-order chi connectivity index (χ0) is 34.8. The smallest absolute Gasteiger partial charge is 0.408 e. The van der Waals surface area contributed by atoms with Crippen LogP contribution < -0.4 is 10.6 Å². The monoisotopic (exact) mass is 639 g/mol. The van der Waals surface area contributed by atoms with Gasteiger partial charge in [-0.15, -0.1) is 0 Å². The van der Waals surface area contributed by atoms with Gasteiger partial charge in [-0.05, 0) is 96.0 Å². The minimum absolute atomic E-state index is 0.0259. The van der Waals surface area contributed by atoms with Crippen LogP contribution in [0, 0.1) is 12.8 Å². The SMILES string of the molecule is CCCN(C(=O)C(CC(C)C)NC(=O)OC(C)(C)C)C(C(=O)NC(Cc1ccccc1)C(=O)OC(C)(C)C)c1ccc(O)c(C)c1. The molecule has 2 aromatic rings. The summed E-state index contributed by atoms with van der Waals surface area (Å²) >= 11 is 0. The van der Waals surface area contributed by atoms with Gasteiger partial charge in [0.1, 0.15) is 35.1 Å². The molecule has 0 saturated heterocycles. The third-order valence-corrected chi connectivity index (χ3v) is 6.83. The maximum absolute atomic E-state index is 14.4. The van der Waals surface area contributed by atoms with E-state index in [1.165, 1.54) is 11.0 Å². The number of phenols is 1. The van der Waals surface area contributed by atoms with E-state index in [2.05, 4.69) is 10.6 Å². The molecule has 3 N–H and O–H groups in total. The predicted molar refractivity (Wildman–Crippen MR) is 178 cm³/mol. The highest BCUT2D eigenvalue weighted by Crippen LogP contribution is 2.28. The molecule has 46 heavy (non-hydrogen) atoms. The fraction of sp³-hybridized carbons (Fsp3) is 0.556. The van der Waals surface area contributed by atoms with Crippen molar-refractivity contribution in [2.45, 2.75) is 118 Å². The van der Waals surface area contributed by atoms with Crippen LogP contribution in [0.5, 0.6) is 5.75 Å². The van der Waals surface area contributed by atoms with Crippen LogP contribution in [-0.2, 0) is 30.3 Å². The Morgan fingerprint density at radius 1 is 0.870 bits per heavy atom. The number of benzene rings is 2. The van der Waals surface area contributed by atoms with Crippen molar-refractivity contribution in [2.75, 3.05) is 6.54 Å². The molecule has 2 aromatic carbocycles. The third-order valence-electron chi connectivity index (χ3n) is 6.83. The molecular formula is C36H53N3O7. The Labute approximate surface area is 274 Å². The number of nitrogens with one attached hydrogen (secondary N) is 2. The van der Waals surface area contributed by atoms with Gasteiger partial charge in [0.2, 0.25) is 11.8 Å². The maximum Gasteiger partial charge on any atom is 0.408 e. The van der Waals surface area contributed by atoms with Gasteiger partial charge in [-0.2, -0.15) is 0 Å². The highest BCUT2D eigenvalue weighted by atomic mass is 16.6. The molecule has 0 aromatic heterocycles. The van der Waals surface area contributed by atoms with Crippen LogP contribution in [0.15, 0.2) is 48.5 Å². The normalized spacial score (nSPS) is 13.7. The van der Waals surface area contributed by atoms with Crippen molar-refractivity contribution < 1.29 is 33.8 Å². The van der Waals surface area contributed by atoms with Gasteiger partial charge in [-0.1, -0.05) is 57.2 Å².